The van der Waals surface area contributed by atoms with E-state index in [2.05, 4.69) is 24.0 Å². The summed E-state index contributed by atoms with van der Waals surface area (Å²) in [5.74, 6) is 1.64. The Balaban J connectivity index is 1.50. The predicted molar refractivity (Wildman–Crippen MR) is 100 cm³/mol. The molecule has 1 aromatic carbocycles. The van der Waals surface area contributed by atoms with Crippen LogP contribution in [0.15, 0.2) is 33.9 Å². The van der Waals surface area contributed by atoms with Gasteiger partial charge in [-0.15, -0.1) is 10.2 Å². The molecule has 1 saturated heterocycles. The number of carbonyl (C=O) groups excluding carboxylic acids is 1. The number of amides is 1. The Hall–Kier alpha value is -2.02. The molecule has 7 heteroatoms. The number of hydrogen-bond donors (Lipinski definition) is 0. The average molecular weight is 375 g/mol. The Labute approximate surface area is 158 Å². The van der Waals surface area contributed by atoms with Gasteiger partial charge in [-0.25, -0.2) is 0 Å². The molecule has 2 aromatic rings. The Morgan fingerprint density at radius 3 is 2.73 bits per heavy atom. The van der Waals surface area contributed by atoms with Crippen molar-refractivity contribution in [2.24, 2.45) is 0 Å². The zero-order valence-electron chi connectivity index (χ0n) is 15.5. The molecule has 6 nitrogen and oxygen atoms in total. The van der Waals surface area contributed by atoms with Crippen LogP contribution in [0.1, 0.15) is 44.6 Å². The van der Waals surface area contributed by atoms with Crippen molar-refractivity contribution < 1.29 is 13.9 Å². The summed E-state index contributed by atoms with van der Waals surface area (Å²) in [6.45, 7) is 6.43. The van der Waals surface area contributed by atoms with Gasteiger partial charge in [0.15, 0.2) is 6.61 Å². The van der Waals surface area contributed by atoms with Crippen LogP contribution >= 0.6 is 11.8 Å². The van der Waals surface area contributed by atoms with E-state index in [1.165, 1.54) is 18.2 Å². The SMILES string of the molecule is Cc1ccccc1OCc1nnc(SCC(=O)N2C(C)CCCC2C)o1. The second-order valence-electron chi connectivity index (χ2n) is 6.73. The number of likely N-dealkylation sites (tertiary alicyclic amines) is 1. The molecule has 1 aliphatic rings. The van der Waals surface area contributed by atoms with Crippen molar-refractivity contribution in [3.63, 3.8) is 0 Å². The predicted octanol–water partition coefficient (Wildman–Crippen LogP) is 3.84. The van der Waals surface area contributed by atoms with Gasteiger partial charge in [-0.3, -0.25) is 4.79 Å². The zero-order valence-corrected chi connectivity index (χ0v) is 16.3. The maximum absolute atomic E-state index is 12.5. The molecule has 0 saturated carbocycles. The summed E-state index contributed by atoms with van der Waals surface area (Å²) in [4.78, 5) is 14.5. The Morgan fingerprint density at radius 1 is 1.27 bits per heavy atom. The van der Waals surface area contributed by atoms with Gasteiger partial charge >= 0.3 is 0 Å². The average Bonchev–Trinajstić information content (AvgIpc) is 3.07. The molecule has 0 spiro atoms. The van der Waals surface area contributed by atoms with Crippen LogP contribution in [0.3, 0.4) is 0 Å². The van der Waals surface area contributed by atoms with Crippen LogP contribution in [0.4, 0.5) is 0 Å². The molecule has 1 fully saturated rings. The first-order valence-electron chi connectivity index (χ1n) is 8.99. The quantitative estimate of drug-likeness (QED) is 0.715. The molecule has 0 aliphatic carbocycles. The van der Waals surface area contributed by atoms with Gasteiger partial charge < -0.3 is 14.1 Å². The third-order valence-electron chi connectivity index (χ3n) is 4.69. The fourth-order valence-electron chi connectivity index (χ4n) is 3.32. The van der Waals surface area contributed by atoms with Gasteiger partial charge in [0.05, 0.1) is 5.75 Å². The lowest BCUT2D eigenvalue weighted by Crippen LogP contribution is -2.48. The van der Waals surface area contributed by atoms with E-state index in [0.29, 0.717) is 29.0 Å². The van der Waals surface area contributed by atoms with E-state index < -0.39 is 0 Å². The molecular weight excluding hydrogens is 350 g/mol. The maximum Gasteiger partial charge on any atom is 0.277 e. The number of benzene rings is 1. The lowest BCUT2D eigenvalue weighted by Gasteiger charge is -2.39. The molecule has 0 N–H and O–H groups in total. The monoisotopic (exact) mass is 375 g/mol. The molecule has 3 rings (SSSR count). The van der Waals surface area contributed by atoms with Crippen molar-refractivity contribution >= 4 is 17.7 Å². The van der Waals surface area contributed by atoms with E-state index in [1.807, 2.05) is 36.1 Å². The number of hydrogen-bond acceptors (Lipinski definition) is 6. The zero-order chi connectivity index (χ0) is 18.5. The molecule has 2 atom stereocenters. The summed E-state index contributed by atoms with van der Waals surface area (Å²) in [7, 11) is 0. The molecule has 26 heavy (non-hydrogen) atoms. The molecule has 1 aliphatic heterocycles. The van der Waals surface area contributed by atoms with E-state index in [0.717, 1.165) is 24.2 Å². The van der Waals surface area contributed by atoms with Crippen molar-refractivity contribution in [3.8, 4) is 5.75 Å². The second kappa shape index (κ2) is 8.58. The fraction of sp³-hybridized carbons (Fsp3) is 0.526. The van der Waals surface area contributed by atoms with Crippen LogP contribution in [-0.2, 0) is 11.4 Å². The molecule has 0 radical (unpaired) electrons. The van der Waals surface area contributed by atoms with Gasteiger partial charge in [0.1, 0.15) is 5.75 Å². The maximum atomic E-state index is 12.5. The highest BCUT2D eigenvalue weighted by atomic mass is 32.2. The van der Waals surface area contributed by atoms with E-state index in [1.54, 1.807) is 0 Å². The third kappa shape index (κ3) is 4.58. The third-order valence-corrected chi connectivity index (χ3v) is 5.50. The van der Waals surface area contributed by atoms with Gasteiger partial charge in [-0.2, -0.15) is 0 Å². The number of carbonyl (C=O) groups is 1. The summed E-state index contributed by atoms with van der Waals surface area (Å²) >= 11 is 1.28. The minimum Gasteiger partial charge on any atom is -0.484 e. The van der Waals surface area contributed by atoms with Crippen molar-refractivity contribution in [1.29, 1.82) is 0 Å². The van der Waals surface area contributed by atoms with Gasteiger partial charge in [-0.05, 0) is 51.7 Å². The van der Waals surface area contributed by atoms with E-state index >= 15 is 0 Å². The topological polar surface area (TPSA) is 68.5 Å². The number of para-hydroxylation sites is 1. The fourth-order valence-corrected chi connectivity index (χ4v) is 3.97. The summed E-state index contributed by atoms with van der Waals surface area (Å²) in [5.41, 5.74) is 1.05. The van der Waals surface area contributed by atoms with Crippen molar-refractivity contribution in [3.05, 3.63) is 35.7 Å². The number of nitrogens with zero attached hydrogens (tertiary/aromatic N) is 3. The highest BCUT2D eigenvalue weighted by molar-refractivity contribution is 7.99. The number of thioether (sulfide) groups is 1. The summed E-state index contributed by atoms with van der Waals surface area (Å²) < 4.78 is 11.3. The van der Waals surface area contributed by atoms with Crippen LogP contribution in [0.5, 0.6) is 5.75 Å². The first-order chi connectivity index (χ1) is 12.5. The Morgan fingerprint density at radius 2 is 2.00 bits per heavy atom. The molecule has 140 valence electrons. The standard InChI is InChI=1S/C19H25N3O3S/c1-13-7-4-5-10-16(13)24-11-17-20-21-19(25-17)26-12-18(23)22-14(2)8-6-9-15(22)3/h4-5,7,10,14-15H,6,8-9,11-12H2,1-3H3. The lowest BCUT2D eigenvalue weighted by molar-refractivity contribution is -0.134. The summed E-state index contributed by atoms with van der Waals surface area (Å²) in [5, 5.41) is 8.40. The highest BCUT2D eigenvalue weighted by Crippen LogP contribution is 2.25. The van der Waals surface area contributed by atoms with Crippen LogP contribution < -0.4 is 4.74 Å². The van der Waals surface area contributed by atoms with E-state index in [-0.39, 0.29) is 12.5 Å². The highest BCUT2D eigenvalue weighted by Gasteiger charge is 2.29. The minimum atomic E-state index is 0.130. The number of ether oxygens (including phenoxy) is 1. The number of piperidine rings is 1. The van der Waals surface area contributed by atoms with Crippen LogP contribution in [-0.4, -0.2) is 38.8 Å². The number of aromatic nitrogens is 2. The number of aryl methyl sites for hydroxylation is 1. The Bertz CT molecular complexity index is 739. The van der Waals surface area contributed by atoms with E-state index in [9.17, 15) is 4.79 Å². The molecule has 0 bridgehead atoms. The molecule has 1 amide bonds. The normalized spacial score (nSPS) is 20.2. The second-order valence-corrected chi connectivity index (χ2v) is 7.66. The van der Waals surface area contributed by atoms with Crippen molar-refractivity contribution in [1.82, 2.24) is 15.1 Å². The first kappa shape index (κ1) is 18.8. The van der Waals surface area contributed by atoms with Gasteiger partial charge in [0.25, 0.3) is 11.1 Å². The lowest BCUT2D eigenvalue weighted by atomic mass is 9.98. The minimum absolute atomic E-state index is 0.130. The smallest absolute Gasteiger partial charge is 0.277 e. The van der Waals surface area contributed by atoms with Crippen LogP contribution in [0.2, 0.25) is 0 Å². The van der Waals surface area contributed by atoms with Gasteiger partial charge in [0, 0.05) is 12.1 Å². The summed E-state index contributed by atoms with van der Waals surface area (Å²) in [6, 6.07) is 8.37. The van der Waals surface area contributed by atoms with Gasteiger partial charge in [0.2, 0.25) is 5.91 Å². The molecule has 2 heterocycles. The molecular formula is C19H25N3O3S. The molecule has 2 unspecified atom stereocenters. The van der Waals surface area contributed by atoms with Gasteiger partial charge in [-0.1, -0.05) is 30.0 Å². The van der Waals surface area contributed by atoms with Crippen LogP contribution in [0, 0.1) is 6.92 Å². The summed E-state index contributed by atoms with van der Waals surface area (Å²) in [6.07, 6.45) is 3.33. The van der Waals surface area contributed by atoms with Crippen molar-refractivity contribution in [2.75, 3.05) is 5.75 Å². The van der Waals surface area contributed by atoms with Crippen LogP contribution in [0.25, 0.3) is 0 Å². The van der Waals surface area contributed by atoms with Crippen molar-refractivity contribution in [2.45, 2.75) is 63.9 Å². The largest absolute Gasteiger partial charge is 0.484 e. The number of rotatable bonds is 6. The molecule has 1 aromatic heterocycles. The first-order valence-corrected chi connectivity index (χ1v) is 9.98. The van der Waals surface area contributed by atoms with E-state index in [4.69, 9.17) is 9.15 Å². The Kier molecular flexibility index (Phi) is 6.19.